The zero-order chi connectivity index (χ0) is 12.0. The summed E-state index contributed by atoms with van der Waals surface area (Å²) < 4.78 is 0. The van der Waals surface area contributed by atoms with E-state index in [-0.39, 0.29) is 11.9 Å². The minimum Gasteiger partial charge on any atom is -0.356 e. The van der Waals surface area contributed by atoms with Crippen LogP contribution in [-0.2, 0) is 4.79 Å². The first kappa shape index (κ1) is 13.1. The average molecular weight is 238 g/mol. The van der Waals surface area contributed by atoms with E-state index in [9.17, 15) is 4.79 Å². The van der Waals surface area contributed by atoms with Gasteiger partial charge < -0.3 is 11.1 Å². The molecular formula is C12H18N2OS. The molecule has 0 radical (unpaired) electrons. The predicted molar refractivity (Wildman–Crippen MR) is 68.5 cm³/mol. The Morgan fingerprint density at radius 3 is 2.94 bits per heavy atom. The number of nitrogens with two attached hydrogens (primary N) is 1. The monoisotopic (exact) mass is 238 g/mol. The topological polar surface area (TPSA) is 55.1 Å². The normalized spacial score (nSPS) is 12.2. The molecule has 4 heteroatoms. The first-order valence-electron chi connectivity index (χ1n) is 5.38. The molecule has 0 heterocycles. The van der Waals surface area contributed by atoms with Crippen LogP contribution < -0.4 is 11.1 Å². The Morgan fingerprint density at radius 1 is 1.56 bits per heavy atom. The van der Waals surface area contributed by atoms with Crippen molar-refractivity contribution in [1.82, 2.24) is 5.32 Å². The summed E-state index contributed by atoms with van der Waals surface area (Å²) in [7, 11) is 0. The molecule has 0 fully saturated rings. The van der Waals surface area contributed by atoms with Gasteiger partial charge in [0.05, 0.1) is 5.75 Å². The quantitative estimate of drug-likeness (QED) is 0.771. The minimum atomic E-state index is 0.0324. The largest absolute Gasteiger partial charge is 0.356 e. The Hall–Kier alpha value is -1.00. The van der Waals surface area contributed by atoms with Crippen LogP contribution in [0.25, 0.3) is 0 Å². The van der Waals surface area contributed by atoms with Gasteiger partial charge in [-0.3, -0.25) is 4.79 Å². The SMILES string of the molecule is CCNC(=O)CSc1cccc(C(C)N)c1. The molecule has 0 aliphatic rings. The zero-order valence-electron chi connectivity index (χ0n) is 9.69. The van der Waals surface area contributed by atoms with E-state index in [1.54, 1.807) is 0 Å². The van der Waals surface area contributed by atoms with Crippen LogP contribution in [0.5, 0.6) is 0 Å². The third-order valence-corrected chi connectivity index (χ3v) is 3.12. The van der Waals surface area contributed by atoms with Crippen molar-refractivity contribution in [2.24, 2.45) is 5.73 Å². The second-order valence-corrected chi connectivity index (χ2v) is 4.65. The number of carbonyl (C=O) groups is 1. The average Bonchev–Trinajstić information content (AvgIpc) is 2.27. The van der Waals surface area contributed by atoms with Crippen LogP contribution in [0.15, 0.2) is 29.2 Å². The summed E-state index contributed by atoms with van der Waals surface area (Å²) in [5, 5.41) is 2.77. The van der Waals surface area contributed by atoms with E-state index in [2.05, 4.69) is 5.32 Å². The second kappa shape index (κ2) is 6.55. The van der Waals surface area contributed by atoms with Crippen LogP contribution in [0.2, 0.25) is 0 Å². The van der Waals surface area contributed by atoms with Crippen LogP contribution in [0, 0.1) is 0 Å². The predicted octanol–water partition coefficient (Wildman–Crippen LogP) is 1.93. The van der Waals surface area contributed by atoms with Crippen LogP contribution in [0.1, 0.15) is 25.5 Å². The highest BCUT2D eigenvalue weighted by atomic mass is 32.2. The van der Waals surface area contributed by atoms with Gasteiger partial charge in [0, 0.05) is 17.5 Å². The molecule has 1 aromatic rings. The fourth-order valence-electron chi connectivity index (χ4n) is 1.28. The molecule has 1 atom stereocenters. The highest BCUT2D eigenvalue weighted by Gasteiger charge is 2.03. The van der Waals surface area contributed by atoms with Gasteiger partial charge in [-0.1, -0.05) is 12.1 Å². The van der Waals surface area contributed by atoms with Crippen LogP contribution >= 0.6 is 11.8 Å². The van der Waals surface area contributed by atoms with Gasteiger partial charge in [-0.25, -0.2) is 0 Å². The standard InChI is InChI=1S/C12H18N2OS/c1-3-14-12(15)8-16-11-6-4-5-10(7-11)9(2)13/h4-7,9H,3,8,13H2,1-2H3,(H,14,15). The Kier molecular flexibility index (Phi) is 5.35. The maximum atomic E-state index is 11.3. The molecule has 0 aromatic heterocycles. The van der Waals surface area contributed by atoms with Crippen molar-refractivity contribution in [3.63, 3.8) is 0 Å². The van der Waals surface area contributed by atoms with Crippen molar-refractivity contribution in [3.05, 3.63) is 29.8 Å². The van der Waals surface area contributed by atoms with Crippen LogP contribution in [0.4, 0.5) is 0 Å². The number of thioether (sulfide) groups is 1. The molecule has 1 aromatic carbocycles. The van der Waals surface area contributed by atoms with E-state index in [4.69, 9.17) is 5.73 Å². The molecule has 0 bridgehead atoms. The van der Waals surface area contributed by atoms with E-state index >= 15 is 0 Å². The molecule has 3 N–H and O–H groups in total. The van der Waals surface area contributed by atoms with Gasteiger partial charge in [0.1, 0.15) is 0 Å². The number of hydrogen-bond donors (Lipinski definition) is 2. The maximum absolute atomic E-state index is 11.3. The molecule has 88 valence electrons. The molecule has 0 saturated carbocycles. The summed E-state index contributed by atoms with van der Waals surface area (Å²) in [6.45, 7) is 4.55. The van der Waals surface area contributed by atoms with E-state index in [1.807, 2.05) is 38.1 Å². The van der Waals surface area contributed by atoms with E-state index in [0.717, 1.165) is 10.5 Å². The smallest absolute Gasteiger partial charge is 0.230 e. The number of amides is 1. The highest BCUT2D eigenvalue weighted by molar-refractivity contribution is 8.00. The lowest BCUT2D eigenvalue weighted by atomic mass is 10.1. The van der Waals surface area contributed by atoms with Crippen molar-refractivity contribution in [3.8, 4) is 0 Å². The maximum Gasteiger partial charge on any atom is 0.230 e. The molecule has 1 unspecified atom stereocenters. The Balaban J connectivity index is 2.54. The van der Waals surface area contributed by atoms with Crippen molar-refractivity contribution in [2.45, 2.75) is 24.8 Å². The summed E-state index contributed by atoms with van der Waals surface area (Å²) in [4.78, 5) is 12.4. The molecule has 0 saturated heterocycles. The number of rotatable bonds is 5. The van der Waals surface area contributed by atoms with Gasteiger partial charge >= 0.3 is 0 Å². The minimum absolute atomic E-state index is 0.0324. The van der Waals surface area contributed by atoms with Crippen molar-refractivity contribution < 1.29 is 4.79 Å². The van der Waals surface area contributed by atoms with Gasteiger partial charge in [-0.05, 0) is 31.5 Å². The van der Waals surface area contributed by atoms with Gasteiger partial charge in [0.15, 0.2) is 0 Å². The molecule has 3 nitrogen and oxygen atoms in total. The van der Waals surface area contributed by atoms with E-state index in [1.165, 1.54) is 11.8 Å². The molecule has 16 heavy (non-hydrogen) atoms. The summed E-state index contributed by atoms with van der Waals surface area (Å²) in [5.74, 6) is 0.523. The molecular weight excluding hydrogens is 220 g/mol. The molecule has 0 aliphatic carbocycles. The van der Waals surface area contributed by atoms with E-state index < -0.39 is 0 Å². The van der Waals surface area contributed by atoms with Crippen molar-refractivity contribution in [1.29, 1.82) is 0 Å². The Labute approximate surface area is 101 Å². The summed E-state index contributed by atoms with van der Waals surface area (Å²) in [5.41, 5.74) is 6.90. The third-order valence-electron chi connectivity index (χ3n) is 2.13. The first-order valence-corrected chi connectivity index (χ1v) is 6.37. The number of nitrogens with one attached hydrogen (secondary N) is 1. The molecule has 1 amide bonds. The van der Waals surface area contributed by atoms with Gasteiger partial charge in [-0.15, -0.1) is 11.8 Å². The molecule has 1 rings (SSSR count). The van der Waals surface area contributed by atoms with Gasteiger partial charge in [0.2, 0.25) is 5.91 Å². The third kappa shape index (κ3) is 4.24. The highest BCUT2D eigenvalue weighted by Crippen LogP contribution is 2.21. The number of carbonyl (C=O) groups excluding carboxylic acids is 1. The lowest BCUT2D eigenvalue weighted by molar-refractivity contribution is -0.118. The summed E-state index contributed by atoms with van der Waals surface area (Å²) in [6.07, 6.45) is 0. The Morgan fingerprint density at radius 2 is 2.31 bits per heavy atom. The van der Waals surface area contributed by atoms with Crippen molar-refractivity contribution >= 4 is 17.7 Å². The molecule has 0 spiro atoms. The summed E-state index contributed by atoms with van der Waals surface area (Å²) in [6, 6.07) is 8.04. The lowest BCUT2D eigenvalue weighted by Gasteiger charge is -2.07. The number of hydrogen-bond acceptors (Lipinski definition) is 3. The zero-order valence-corrected chi connectivity index (χ0v) is 10.5. The summed E-state index contributed by atoms with van der Waals surface area (Å²) >= 11 is 1.53. The number of benzene rings is 1. The first-order chi connectivity index (χ1) is 7.63. The Bertz CT molecular complexity index is 353. The fraction of sp³-hybridized carbons (Fsp3) is 0.417. The molecule has 0 aliphatic heterocycles. The lowest BCUT2D eigenvalue weighted by Crippen LogP contribution is -2.24. The van der Waals surface area contributed by atoms with Crippen LogP contribution in [0.3, 0.4) is 0 Å². The van der Waals surface area contributed by atoms with Crippen molar-refractivity contribution in [2.75, 3.05) is 12.3 Å². The second-order valence-electron chi connectivity index (χ2n) is 3.60. The van der Waals surface area contributed by atoms with Gasteiger partial charge in [0.25, 0.3) is 0 Å². The van der Waals surface area contributed by atoms with Gasteiger partial charge in [-0.2, -0.15) is 0 Å². The van der Waals surface area contributed by atoms with E-state index in [0.29, 0.717) is 12.3 Å². The fourth-order valence-corrected chi connectivity index (χ4v) is 2.08. The van der Waals surface area contributed by atoms with Crippen LogP contribution in [-0.4, -0.2) is 18.2 Å².